The predicted molar refractivity (Wildman–Crippen MR) is 77.3 cm³/mol. The van der Waals surface area contributed by atoms with Gasteiger partial charge in [0.1, 0.15) is 5.56 Å². The molecule has 0 spiro atoms. The Kier molecular flexibility index (Phi) is 6.50. The summed E-state index contributed by atoms with van der Waals surface area (Å²) in [5.41, 5.74) is -0.0859. The van der Waals surface area contributed by atoms with Crippen LogP contribution in [0, 0.1) is 0 Å². The fraction of sp³-hybridized carbons (Fsp3) is 0.636. The number of aromatic nitrogens is 2. The summed E-state index contributed by atoms with van der Waals surface area (Å²) in [5, 5.41) is 6.03. The zero-order chi connectivity index (χ0) is 15.2. The summed E-state index contributed by atoms with van der Waals surface area (Å²) >= 11 is 1.66. The molecular weight excluding hydrogens is 302 g/mol. The second-order valence-corrected chi connectivity index (χ2v) is 7.05. The third kappa shape index (κ3) is 4.50. The maximum Gasteiger partial charge on any atom is 0.342 e. The van der Waals surface area contributed by atoms with Gasteiger partial charge in [0.2, 0.25) is 0 Å². The summed E-state index contributed by atoms with van der Waals surface area (Å²) in [5.74, 6) is -0.709. The maximum absolute atomic E-state index is 12.1. The lowest BCUT2D eigenvalue weighted by atomic mass is 10.3. The van der Waals surface area contributed by atoms with Gasteiger partial charge < -0.3 is 4.74 Å². The van der Waals surface area contributed by atoms with Crippen LogP contribution in [0.1, 0.15) is 30.6 Å². The molecule has 0 fully saturated rings. The van der Waals surface area contributed by atoms with Crippen molar-refractivity contribution >= 4 is 27.8 Å². The SMILES string of the molecule is CCOC(=O)c1cn[nH]c1S(=O)(=O)NCCC(C)SC. The van der Waals surface area contributed by atoms with Gasteiger partial charge in [-0.25, -0.2) is 17.9 Å². The fourth-order valence-electron chi connectivity index (χ4n) is 1.42. The molecule has 0 radical (unpaired) electrons. The molecule has 0 saturated heterocycles. The van der Waals surface area contributed by atoms with Crippen molar-refractivity contribution in [3.05, 3.63) is 11.8 Å². The third-order valence-electron chi connectivity index (χ3n) is 2.61. The second kappa shape index (κ2) is 7.65. The van der Waals surface area contributed by atoms with Gasteiger partial charge >= 0.3 is 5.97 Å². The maximum atomic E-state index is 12.1. The number of hydrogen-bond donors (Lipinski definition) is 2. The average molecular weight is 321 g/mol. The molecule has 0 saturated carbocycles. The number of ether oxygens (including phenoxy) is 1. The van der Waals surface area contributed by atoms with E-state index in [1.807, 2.05) is 13.2 Å². The van der Waals surface area contributed by atoms with Crippen LogP contribution >= 0.6 is 11.8 Å². The van der Waals surface area contributed by atoms with E-state index in [0.29, 0.717) is 18.2 Å². The highest BCUT2D eigenvalue weighted by molar-refractivity contribution is 7.99. The predicted octanol–water partition coefficient (Wildman–Crippen LogP) is 1.01. The molecule has 0 aliphatic heterocycles. The van der Waals surface area contributed by atoms with Gasteiger partial charge in [-0.05, 0) is 19.6 Å². The zero-order valence-corrected chi connectivity index (χ0v) is 13.3. The van der Waals surface area contributed by atoms with E-state index < -0.39 is 16.0 Å². The number of carbonyl (C=O) groups excluding carboxylic acids is 1. The van der Waals surface area contributed by atoms with Crippen molar-refractivity contribution in [2.45, 2.75) is 30.5 Å². The van der Waals surface area contributed by atoms with E-state index in [0.717, 1.165) is 6.20 Å². The highest BCUT2D eigenvalue weighted by Crippen LogP contribution is 2.14. The molecule has 0 aliphatic carbocycles. The monoisotopic (exact) mass is 321 g/mol. The number of esters is 1. The largest absolute Gasteiger partial charge is 0.462 e. The van der Waals surface area contributed by atoms with Crippen LogP contribution in [-0.2, 0) is 14.8 Å². The first-order valence-electron chi connectivity index (χ1n) is 6.15. The quantitative estimate of drug-likeness (QED) is 0.693. The normalized spacial score (nSPS) is 13.2. The molecule has 0 bridgehead atoms. The number of aromatic amines is 1. The molecule has 1 aromatic heterocycles. The van der Waals surface area contributed by atoms with Crippen molar-refractivity contribution < 1.29 is 17.9 Å². The highest BCUT2D eigenvalue weighted by atomic mass is 32.2. The molecule has 0 amide bonds. The summed E-state index contributed by atoms with van der Waals surface area (Å²) in [4.78, 5) is 11.6. The number of carbonyl (C=O) groups is 1. The minimum absolute atomic E-state index is 0.0859. The molecular formula is C11H19N3O4S2. The minimum Gasteiger partial charge on any atom is -0.462 e. The van der Waals surface area contributed by atoms with E-state index in [4.69, 9.17) is 4.74 Å². The number of sulfonamides is 1. The van der Waals surface area contributed by atoms with E-state index in [1.165, 1.54) is 0 Å². The standard InChI is InChI=1S/C11H19N3O4S2/c1-4-18-11(15)9-7-12-14-10(9)20(16,17)13-6-5-8(2)19-3/h7-8,13H,4-6H2,1-3H3,(H,12,14). The molecule has 1 rings (SSSR count). The van der Waals surface area contributed by atoms with Crippen LogP contribution < -0.4 is 4.72 Å². The number of thioether (sulfide) groups is 1. The van der Waals surface area contributed by atoms with Crippen LogP contribution in [0.3, 0.4) is 0 Å². The smallest absolute Gasteiger partial charge is 0.342 e. The Morgan fingerprint density at radius 3 is 2.90 bits per heavy atom. The molecule has 1 aromatic rings. The lowest BCUT2D eigenvalue weighted by Gasteiger charge is -2.09. The lowest BCUT2D eigenvalue weighted by molar-refractivity contribution is 0.0522. The van der Waals surface area contributed by atoms with Crippen molar-refractivity contribution in [3.8, 4) is 0 Å². The summed E-state index contributed by atoms with van der Waals surface area (Å²) < 4.78 is 31.4. The summed E-state index contributed by atoms with van der Waals surface area (Å²) in [6, 6.07) is 0. The Balaban J connectivity index is 2.78. The van der Waals surface area contributed by atoms with Gasteiger partial charge in [0.25, 0.3) is 10.0 Å². The lowest BCUT2D eigenvalue weighted by Crippen LogP contribution is -2.28. The number of hydrogen-bond acceptors (Lipinski definition) is 6. The number of rotatable bonds is 8. The van der Waals surface area contributed by atoms with E-state index in [-0.39, 0.29) is 17.2 Å². The molecule has 114 valence electrons. The number of nitrogens with one attached hydrogen (secondary N) is 2. The Bertz CT molecular complexity index is 542. The van der Waals surface area contributed by atoms with Crippen LogP contribution in [0.5, 0.6) is 0 Å². The van der Waals surface area contributed by atoms with Gasteiger partial charge in [0.15, 0.2) is 5.03 Å². The second-order valence-electron chi connectivity index (χ2n) is 4.07. The molecule has 7 nitrogen and oxygen atoms in total. The molecule has 0 aliphatic rings. The van der Waals surface area contributed by atoms with Crippen molar-refractivity contribution in [3.63, 3.8) is 0 Å². The van der Waals surface area contributed by atoms with Crippen molar-refractivity contribution in [1.29, 1.82) is 0 Å². The van der Waals surface area contributed by atoms with Crippen LogP contribution in [0.4, 0.5) is 0 Å². The fourth-order valence-corrected chi connectivity index (χ4v) is 2.90. The van der Waals surface area contributed by atoms with Crippen molar-refractivity contribution in [2.75, 3.05) is 19.4 Å². The third-order valence-corrected chi connectivity index (χ3v) is 5.09. The Morgan fingerprint density at radius 2 is 2.30 bits per heavy atom. The van der Waals surface area contributed by atoms with Crippen LogP contribution in [0.2, 0.25) is 0 Å². The minimum atomic E-state index is -3.79. The van der Waals surface area contributed by atoms with Gasteiger partial charge in [-0.15, -0.1) is 0 Å². The molecule has 9 heteroatoms. The molecule has 1 heterocycles. The highest BCUT2D eigenvalue weighted by Gasteiger charge is 2.25. The van der Waals surface area contributed by atoms with Crippen molar-refractivity contribution in [2.24, 2.45) is 0 Å². The van der Waals surface area contributed by atoms with Gasteiger partial charge in [0.05, 0.1) is 12.8 Å². The molecule has 1 unspecified atom stereocenters. The zero-order valence-electron chi connectivity index (χ0n) is 11.7. The van der Waals surface area contributed by atoms with E-state index in [2.05, 4.69) is 14.9 Å². The number of nitrogens with zero attached hydrogens (tertiary/aromatic N) is 1. The van der Waals surface area contributed by atoms with E-state index in [9.17, 15) is 13.2 Å². The van der Waals surface area contributed by atoms with Crippen LogP contribution in [-0.4, -0.2) is 49.2 Å². The van der Waals surface area contributed by atoms with Crippen LogP contribution in [0.25, 0.3) is 0 Å². The van der Waals surface area contributed by atoms with Gasteiger partial charge in [-0.3, -0.25) is 5.10 Å². The Hall–Kier alpha value is -1.06. The Labute approximate surface area is 122 Å². The first kappa shape index (κ1) is 17.0. The molecule has 20 heavy (non-hydrogen) atoms. The topological polar surface area (TPSA) is 101 Å². The molecule has 1 atom stereocenters. The average Bonchev–Trinajstić information content (AvgIpc) is 2.88. The van der Waals surface area contributed by atoms with Gasteiger partial charge in [-0.1, -0.05) is 6.92 Å². The van der Waals surface area contributed by atoms with E-state index >= 15 is 0 Å². The number of H-pyrrole nitrogens is 1. The van der Waals surface area contributed by atoms with Gasteiger partial charge in [0, 0.05) is 11.8 Å². The molecule has 2 N–H and O–H groups in total. The first-order chi connectivity index (χ1) is 9.42. The summed E-state index contributed by atoms with van der Waals surface area (Å²) in [6.07, 6.45) is 3.81. The van der Waals surface area contributed by atoms with E-state index in [1.54, 1.807) is 18.7 Å². The van der Waals surface area contributed by atoms with Crippen LogP contribution in [0.15, 0.2) is 11.2 Å². The van der Waals surface area contributed by atoms with Crippen molar-refractivity contribution in [1.82, 2.24) is 14.9 Å². The Morgan fingerprint density at radius 1 is 1.60 bits per heavy atom. The first-order valence-corrected chi connectivity index (χ1v) is 8.92. The van der Waals surface area contributed by atoms with Gasteiger partial charge in [-0.2, -0.15) is 16.9 Å². The summed E-state index contributed by atoms with van der Waals surface area (Å²) in [7, 11) is -3.79. The molecule has 0 aromatic carbocycles. The summed E-state index contributed by atoms with van der Waals surface area (Å²) in [6.45, 7) is 4.13.